The van der Waals surface area contributed by atoms with Gasteiger partial charge in [0.05, 0.1) is 13.2 Å². The maximum atomic E-state index is 13.6. The third-order valence-corrected chi connectivity index (χ3v) is 2.54. The number of pyridine rings is 1. The van der Waals surface area contributed by atoms with Gasteiger partial charge in [-0.25, -0.2) is 4.39 Å². The summed E-state index contributed by atoms with van der Waals surface area (Å²) in [5.74, 6) is -0.410. The summed E-state index contributed by atoms with van der Waals surface area (Å²) in [6, 6.07) is 9.31. The molecule has 2 rings (SSSR count). The van der Waals surface area contributed by atoms with Crippen LogP contribution in [-0.2, 0) is 13.2 Å². The molecule has 0 aliphatic heterocycles. The summed E-state index contributed by atoms with van der Waals surface area (Å²) in [5, 5.41) is 8.86. The van der Waals surface area contributed by atoms with Gasteiger partial charge in [-0.3, -0.25) is 4.79 Å². The van der Waals surface area contributed by atoms with Gasteiger partial charge in [-0.15, -0.1) is 0 Å². The van der Waals surface area contributed by atoms with E-state index in [1.165, 1.54) is 16.7 Å². The normalized spacial score (nSPS) is 10.5. The largest absolute Gasteiger partial charge is 0.392 e. The monoisotopic (exact) mass is 233 g/mol. The molecule has 0 fully saturated rings. The van der Waals surface area contributed by atoms with E-state index in [1.54, 1.807) is 30.5 Å². The highest BCUT2D eigenvalue weighted by atomic mass is 19.1. The Bertz CT molecular complexity index is 578. The topological polar surface area (TPSA) is 42.2 Å². The van der Waals surface area contributed by atoms with Crippen molar-refractivity contribution in [2.24, 2.45) is 0 Å². The van der Waals surface area contributed by atoms with Crippen molar-refractivity contribution in [2.75, 3.05) is 0 Å². The number of benzene rings is 1. The van der Waals surface area contributed by atoms with Crippen LogP contribution in [0.4, 0.5) is 4.39 Å². The van der Waals surface area contributed by atoms with E-state index >= 15 is 0 Å². The predicted molar refractivity (Wildman–Crippen MR) is 62.1 cm³/mol. The first-order valence-corrected chi connectivity index (χ1v) is 5.24. The summed E-state index contributed by atoms with van der Waals surface area (Å²) >= 11 is 0. The minimum Gasteiger partial charge on any atom is -0.392 e. The van der Waals surface area contributed by atoms with Crippen LogP contribution < -0.4 is 5.56 Å². The SMILES string of the molecule is O=c1ccccn1Cc1ccc(CO)cc1F. The molecule has 88 valence electrons. The van der Waals surface area contributed by atoms with Crippen LogP contribution in [0.3, 0.4) is 0 Å². The molecule has 4 heteroatoms. The molecule has 0 saturated carbocycles. The van der Waals surface area contributed by atoms with E-state index in [-0.39, 0.29) is 18.7 Å². The van der Waals surface area contributed by atoms with Gasteiger partial charge in [-0.2, -0.15) is 0 Å². The first kappa shape index (κ1) is 11.5. The van der Waals surface area contributed by atoms with Gasteiger partial charge in [0, 0.05) is 17.8 Å². The Morgan fingerprint density at radius 3 is 2.71 bits per heavy atom. The molecule has 0 saturated heterocycles. The van der Waals surface area contributed by atoms with Crippen molar-refractivity contribution in [1.82, 2.24) is 4.57 Å². The maximum Gasteiger partial charge on any atom is 0.250 e. The molecule has 17 heavy (non-hydrogen) atoms. The van der Waals surface area contributed by atoms with Crippen molar-refractivity contribution < 1.29 is 9.50 Å². The summed E-state index contributed by atoms with van der Waals surface area (Å²) in [7, 11) is 0. The second-order valence-corrected chi connectivity index (χ2v) is 3.75. The Kier molecular flexibility index (Phi) is 3.35. The van der Waals surface area contributed by atoms with Gasteiger partial charge in [-0.1, -0.05) is 18.2 Å². The fourth-order valence-electron chi connectivity index (χ4n) is 1.59. The average molecular weight is 233 g/mol. The molecule has 2 aromatic rings. The highest BCUT2D eigenvalue weighted by molar-refractivity contribution is 5.24. The molecule has 1 heterocycles. The number of halogens is 1. The minimum atomic E-state index is -0.410. The number of rotatable bonds is 3. The molecule has 1 aromatic heterocycles. The van der Waals surface area contributed by atoms with Crippen LogP contribution in [0.1, 0.15) is 11.1 Å². The summed E-state index contributed by atoms with van der Waals surface area (Å²) < 4.78 is 15.1. The highest BCUT2D eigenvalue weighted by Gasteiger charge is 2.04. The molecule has 3 nitrogen and oxygen atoms in total. The second kappa shape index (κ2) is 4.93. The highest BCUT2D eigenvalue weighted by Crippen LogP contribution is 2.11. The lowest BCUT2D eigenvalue weighted by molar-refractivity contribution is 0.281. The van der Waals surface area contributed by atoms with Crippen molar-refractivity contribution in [3.63, 3.8) is 0 Å². The van der Waals surface area contributed by atoms with Crippen LogP contribution in [0.2, 0.25) is 0 Å². The molecular weight excluding hydrogens is 221 g/mol. The van der Waals surface area contributed by atoms with Crippen molar-refractivity contribution in [2.45, 2.75) is 13.2 Å². The quantitative estimate of drug-likeness (QED) is 0.873. The van der Waals surface area contributed by atoms with Crippen LogP contribution >= 0.6 is 0 Å². The lowest BCUT2D eigenvalue weighted by atomic mass is 10.1. The maximum absolute atomic E-state index is 13.6. The summed E-state index contributed by atoms with van der Waals surface area (Å²) in [5.41, 5.74) is 0.778. The van der Waals surface area contributed by atoms with E-state index in [4.69, 9.17) is 5.11 Å². The molecule has 0 atom stereocenters. The van der Waals surface area contributed by atoms with Crippen molar-refractivity contribution in [3.8, 4) is 0 Å². The predicted octanol–water partition coefficient (Wildman–Crippen LogP) is 1.53. The van der Waals surface area contributed by atoms with E-state index in [0.29, 0.717) is 11.1 Å². The van der Waals surface area contributed by atoms with Crippen LogP contribution in [-0.4, -0.2) is 9.67 Å². The average Bonchev–Trinajstić information content (AvgIpc) is 2.34. The third kappa shape index (κ3) is 2.60. The van der Waals surface area contributed by atoms with Crippen molar-refractivity contribution in [3.05, 3.63) is 69.9 Å². The van der Waals surface area contributed by atoms with Crippen LogP contribution in [0, 0.1) is 5.82 Å². The number of hydrogen-bond donors (Lipinski definition) is 1. The zero-order chi connectivity index (χ0) is 12.3. The van der Waals surface area contributed by atoms with E-state index in [9.17, 15) is 9.18 Å². The fraction of sp³-hybridized carbons (Fsp3) is 0.154. The van der Waals surface area contributed by atoms with Gasteiger partial charge >= 0.3 is 0 Å². The molecule has 0 unspecified atom stereocenters. The zero-order valence-electron chi connectivity index (χ0n) is 9.14. The lowest BCUT2D eigenvalue weighted by Gasteiger charge is -2.07. The van der Waals surface area contributed by atoms with E-state index in [1.807, 2.05) is 0 Å². The van der Waals surface area contributed by atoms with E-state index in [0.717, 1.165) is 0 Å². The molecule has 0 aliphatic carbocycles. The molecular formula is C13H12FNO2. The Balaban J connectivity index is 2.31. The van der Waals surface area contributed by atoms with Crippen LogP contribution in [0.25, 0.3) is 0 Å². The van der Waals surface area contributed by atoms with Gasteiger partial charge < -0.3 is 9.67 Å². The molecule has 1 N–H and O–H groups in total. The number of aliphatic hydroxyl groups excluding tert-OH is 1. The Hall–Kier alpha value is -1.94. The van der Waals surface area contributed by atoms with Crippen LogP contribution in [0.5, 0.6) is 0 Å². The molecule has 0 aliphatic rings. The number of aliphatic hydroxyl groups is 1. The van der Waals surface area contributed by atoms with Gasteiger partial charge in [0.1, 0.15) is 5.82 Å². The molecule has 0 amide bonds. The van der Waals surface area contributed by atoms with Crippen molar-refractivity contribution in [1.29, 1.82) is 0 Å². The van der Waals surface area contributed by atoms with Gasteiger partial charge in [0.2, 0.25) is 0 Å². The van der Waals surface area contributed by atoms with Crippen LogP contribution in [0.15, 0.2) is 47.4 Å². The summed E-state index contributed by atoms with van der Waals surface area (Å²) in [4.78, 5) is 11.5. The zero-order valence-corrected chi connectivity index (χ0v) is 9.14. The number of aromatic nitrogens is 1. The molecule has 0 radical (unpaired) electrons. The smallest absolute Gasteiger partial charge is 0.250 e. The Morgan fingerprint density at radius 1 is 1.24 bits per heavy atom. The van der Waals surface area contributed by atoms with Gasteiger partial charge in [0.15, 0.2) is 0 Å². The third-order valence-electron chi connectivity index (χ3n) is 2.54. The molecule has 0 bridgehead atoms. The minimum absolute atomic E-state index is 0.168. The standard InChI is InChI=1S/C13H12FNO2/c14-12-7-10(9-16)4-5-11(12)8-15-6-2-1-3-13(15)17/h1-7,16H,8-9H2. The van der Waals surface area contributed by atoms with Crippen molar-refractivity contribution >= 4 is 0 Å². The second-order valence-electron chi connectivity index (χ2n) is 3.75. The first-order chi connectivity index (χ1) is 8.20. The molecule has 1 aromatic carbocycles. The summed E-state index contributed by atoms with van der Waals surface area (Å²) in [6.45, 7) is -0.000297. The number of nitrogens with zero attached hydrogens (tertiary/aromatic N) is 1. The summed E-state index contributed by atoms with van der Waals surface area (Å²) in [6.07, 6.45) is 1.61. The Labute approximate surface area is 97.8 Å². The molecule has 0 spiro atoms. The van der Waals surface area contributed by atoms with Gasteiger partial charge in [0.25, 0.3) is 5.56 Å². The Morgan fingerprint density at radius 2 is 2.06 bits per heavy atom. The van der Waals surface area contributed by atoms with E-state index in [2.05, 4.69) is 0 Å². The fourth-order valence-corrected chi connectivity index (χ4v) is 1.59. The number of hydrogen-bond acceptors (Lipinski definition) is 2. The van der Waals surface area contributed by atoms with E-state index < -0.39 is 5.82 Å². The van der Waals surface area contributed by atoms with Gasteiger partial charge in [-0.05, 0) is 17.7 Å². The first-order valence-electron chi connectivity index (χ1n) is 5.24. The lowest BCUT2D eigenvalue weighted by Crippen LogP contribution is -2.18.